The van der Waals surface area contributed by atoms with Gasteiger partial charge in [-0.1, -0.05) is 19.0 Å². The van der Waals surface area contributed by atoms with E-state index in [2.05, 4.69) is 39.4 Å². The Labute approximate surface area is 203 Å². The molecule has 0 amide bonds. The highest BCUT2D eigenvalue weighted by Crippen LogP contribution is 2.39. The fourth-order valence-corrected chi connectivity index (χ4v) is 3.28. The Kier molecular flexibility index (Phi) is 10.3. The van der Waals surface area contributed by atoms with Crippen LogP contribution in [0.15, 0.2) is 27.7 Å². The van der Waals surface area contributed by atoms with E-state index in [-0.39, 0.29) is 43.1 Å². The van der Waals surface area contributed by atoms with Crippen LogP contribution >= 0.6 is 24.0 Å². The van der Waals surface area contributed by atoms with E-state index in [9.17, 15) is 8.78 Å². The summed E-state index contributed by atoms with van der Waals surface area (Å²) in [6, 6.07) is 4.94. The number of ether oxygens (including phenoxy) is 3. The first kappa shape index (κ1) is 25.9. The highest BCUT2D eigenvalue weighted by molar-refractivity contribution is 14.0. The number of aromatic nitrogens is 1. The second kappa shape index (κ2) is 12.7. The Balaban J connectivity index is 0.00000363. The zero-order valence-corrected chi connectivity index (χ0v) is 20.7. The van der Waals surface area contributed by atoms with Gasteiger partial charge in [-0.05, 0) is 25.8 Å². The van der Waals surface area contributed by atoms with Gasteiger partial charge in [0, 0.05) is 30.2 Å². The summed E-state index contributed by atoms with van der Waals surface area (Å²) in [5, 5.41) is 10.4. The van der Waals surface area contributed by atoms with Crippen molar-refractivity contribution in [1.29, 1.82) is 0 Å². The van der Waals surface area contributed by atoms with Gasteiger partial charge in [-0.15, -0.1) is 24.0 Å². The number of fused-ring (bicyclic) bond motifs is 1. The molecule has 2 heterocycles. The molecule has 0 atom stereocenters. The third-order valence-corrected chi connectivity index (χ3v) is 4.93. The lowest BCUT2D eigenvalue weighted by molar-refractivity contribution is -0.0505. The minimum Gasteiger partial charge on any atom is -0.454 e. The van der Waals surface area contributed by atoms with E-state index in [1.54, 1.807) is 6.07 Å². The third-order valence-electron chi connectivity index (χ3n) is 4.93. The summed E-state index contributed by atoms with van der Waals surface area (Å²) in [6.07, 6.45) is 2.00. The molecule has 32 heavy (non-hydrogen) atoms. The minimum absolute atomic E-state index is 0. The number of hydrogen-bond donors (Lipinski definition) is 2. The topological polar surface area (TPSA) is 90.1 Å². The van der Waals surface area contributed by atoms with Gasteiger partial charge in [0.2, 0.25) is 6.79 Å². The van der Waals surface area contributed by atoms with Crippen LogP contribution in [0.1, 0.15) is 56.5 Å². The molecule has 0 saturated heterocycles. The Morgan fingerprint density at radius 1 is 1.12 bits per heavy atom. The van der Waals surface area contributed by atoms with Crippen molar-refractivity contribution in [3.05, 3.63) is 35.2 Å². The molecule has 0 saturated carbocycles. The molecular weight excluding hydrogens is 537 g/mol. The number of guanidine groups is 1. The van der Waals surface area contributed by atoms with Crippen LogP contribution < -0.4 is 24.8 Å². The molecule has 0 bridgehead atoms. The van der Waals surface area contributed by atoms with Gasteiger partial charge in [-0.25, -0.2) is 4.99 Å². The van der Waals surface area contributed by atoms with Crippen LogP contribution in [0.25, 0.3) is 0 Å². The molecule has 8 nitrogen and oxygen atoms in total. The average Bonchev–Trinajstić information content (AvgIpc) is 3.39. The van der Waals surface area contributed by atoms with E-state index >= 15 is 0 Å². The van der Waals surface area contributed by atoms with Crippen molar-refractivity contribution in [2.24, 2.45) is 4.99 Å². The summed E-state index contributed by atoms with van der Waals surface area (Å²) in [4.78, 5) is 4.48. The molecular formula is C21H29F2IN4O4. The Bertz CT molecular complexity index is 891. The van der Waals surface area contributed by atoms with Crippen LogP contribution in [0.2, 0.25) is 0 Å². The first-order valence-electron chi connectivity index (χ1n) is 10.4. The molecule has 0 aliphatic carbocycles. The van der Waals surface area contributed by atoms with Crippen LogP contribution in [-0.2, 0) is 13.1 Å². The Hall–Kier alpha value is -2.31. The number of alkyl halides is 2. The molecule has 1 aromatic carbocycles. The van der Waals surface area contributed by atoms with Gasteiger partial charge in [0.05, 0.1) is 18.8 Å². The number of nitrogens with one attached hydrogen (secondary N) is 2. The number of rotatable bonds is 10. The molecule has 0 unspecified atom stereocenters. The number of aliphatic imine (C=N–C) groups is 1. The minimum atomic E-state index is -2.95. The van der Waals surface area contributed by atoms with E-state index in [0.717, 1.165) is 18.5 Å². The first-order valence-corrected chi connectivity index (χ1v) is 10.4. The monoisotopic (exact) mass is 566 g/mol. The average molecular weight is 566 g/mol. The predicted octanol–water partition coefficient (Wildman–Crippen LogP) is 4.78. The lowest BCUT2D eigenvalue weighted by Gasteiger charge is -2.13. The lowest BCUT2D eigenvalue weighted by atomic mass is 9.99. The summed E-state index contributed by atoms with van der Waals surface area (Å²) >= 11 is 0. The Morgan fingerprint density at radius 3 is 2.50 bits per heavy atom. The van der Waals surface area contributed by atoms with Gasteiger partial charge in [-0.3, -0.25) is 0 Å². The summed E-state index contributed by atoms with van der Waals surface area (Å²) in [5.74, 6) is 2.41. The fourth-order valence-electron chi connectivity index (χ4n) is 3.28. The van der Waals surface area contributed by atoms with Crippen LogP contribution in [-0.4, -0.2) is 31.1 Å². The molecule has 11 heteroatoms. The predicted molar refractivity (Wildman–Crippen MR) is 126 cm³/mol. The van der Waals surface area contributed by atoms with E-state index in [4.69, 9.17) is 14.0 Å². The SMILES string of the molecule is CCNC(=NCc1cc2c(cc1OC(F)F)OCO2)NCc1cc(C(CC)CC)no1.I. The zero-order valence-electron chi connectivity index (χ0n) is 18.3. The molecule has 1 aliphatic heterocycles. The molecule has 1 aliphatic rings. The second-order valence-electron chi connectivity index (χ2n) is 6.97. The number of benzene rings is 1. The van der Waals surface area contributed by atoms with Crippen molar-refractivity contribution in [1.82, 2.24) is 15.8 Å². The third kappa shape index (κ3) is 6.84. The van der Waals surface area contributed by atoms with E-state index in [1.807, 2.05) is 13.0 Å². The lowest BCUT2D eigenvalue weighted by Crippen LogP contribution is -2.36. The van der Waals surface area contributed by atoms with Crippen LogP contribution in [0, 0.1) is 0 Å². The maximum absolute atomic E-state index is 12.8. The number of hydrogen-bond acceptors (Lipinski definition) is 6. The highest BCUT2D eigenvalue weighted by atomic mass is 127. The normalized spacial score (nSPS) is 12.8. The molecule has 0 radical (unpaired) electrons. The van der Waals surface area contributed by atoms with Crippen molar-refractivity contribution >= 4 is 29.9 Å². The van der Waals surface area contributed by atoms with Gasteiger partial charge < -0.3 is 29.4 Å². The van der Waals surface area contributed by atoms with Crippen LogP contribution in [0.5, 0.6) is 17.2 Å². The molecule has 2 N–H and O–H groups in total. The zero-order chi connectivity index (χ0) is 22.2. The van der Waals surface area contributed by atoms with E-state index < -0.39 is 6.61 Å². The fraction of sp³-hybridized carbons (Fsp3) is 0.524. The standard InChI is InChI=1S/C21H28F2N4O4.HI/c1-4-13(5-2)16-8-15(31-27-16)11-26-21(24-6-3)25-10-14-7-18-19(29-12-28-18)9-17(14)30-20(22)23;/h7-9,13,20H,4-6,10-12H2,1-3H3,(H2,24,25,26);1H. The smallest absolute Gasteiger partial charge is 0.387 e. The molecule has 3 rings (SSSR count). The summed E-state index contributed by atoms with van der Waals surface area (Å²) in [7, 11) is 0. The Morgan fingerprint density at radius 2 is 1.84 bits per heavy atom. The van der Waals surface area contributed by atoms with Gasteiger partial charge in [0.25, 0.3) is 0 Å². The summed E-state index contributed by atoms with van der Waals surface area (Å²) in [6.45, 7) is 4.38. The van der Waals surface area contributed by atoms with Crippen molar-refractivity contribution < 1.29 is 27.5 Å². The van der Waals surface area contributed by atoms with Crippen molar-refractivity contribution in [2.75, 3.05) is 13.3 Å². The molecule has 1 aromatic heterocycles. The van der Waals surface area contributed by atoms with E-state index in [1.165, 1.54) is 6.07 Å². The van der Waals surface area contributed by atoms with Crippen molar-refractivity contribution in [2.45, 2.75) is 59.2 Å². The van der Waals surface area contributed by atoms with Gasteiger partial charge >= 0.3 is 6.61 Å². The summed E-state index contributed by atoms with van der Waals surface area (Å²) in [5.41, 5.74) is 1.40. The quantitative estimate of drug-likeness (QED) is 0.243. The number of halogens is 3. The first-order chi connectivity index (χ1) is 15.0. The van der Waals surface area contributed by atoms with Gasteiger partial charge in [0.15, 0.2) is 23.2 Å². The summed E-state index contributed by atoms with van der Waals surface area (Å²) < 4.78 is 46.3. The maximum atomic E-state index is 12.8. The van der Waals surface area contributed by atoms with E-state index in [0.29, 0.717) is 47.8 Å². The number of nitrogens with zero attached hydrogens (tertiary/aromatic N) is 2. The van der Waals surface area contributed by atoms with Crippen LogP contribution in [0.4, 0.5) is 8.78 Å². The highest BCUT2D eigenvalue weighted by Gasteiger charge is 2.20. The molecule has 0 spiro atoms. The molecule has 178 valence electrons. The largest absolute Gasteiger partial charge is 0.454 e. The van der Waals surface area contributed by atoms with Gasteiger partial charge in [-0.2, -0.15) is 8.78 Å². The van der Waals surface area contributed by atoms with Crippen molar-refractivity contribution in [3.63, 3.8) is 0 Å². The van der Waals surface area contributed by atoms with Crippen LogP contribution in [0.3, 0.4) is 0 Å². The molecule has 0 fully saturated rings. The maximum Gasteiger partial charge on any atom is 0.387 e. The molecule has 2 aromatic rings. The van der Waals surface area contributed by atoms with Crippen molar-refractivity contribution in [3.8, 4) is 17.2 Å². The van der Waals surface area contributed by atoms with Gasteiger partial charge in [0.1, 0.15) is 5.75 Å². The second-order valence-corrected chi connectivity index (χ2v) is 6.97.